The lowest BCUT2D eigenvalue weighted by Crippen LogP contribution is -2.35. The van der Waals surface area contributed by atoms with E-state index in [0.29, 0.717) is 6.04 Å². The maximum Gasteiger partial charge on any atom is 0.147 e. The highest BCUT2D eigenvalue weighted by molar-refractivity contribution is 4.99. The van der Waals surface area contributed by atoms with Gasteiger partial charge in [-0.25, -0.2) is 0 Å². The summed E-state index contributed by atoms with van der Waals surface area (Å²) in [6.45, 7) is 4.32. The van der Waals surface area contributed by atoms with Crippen molar-refractivity contribution in [1.82, 2.24) is 20.1 Å². The number of nitrogens with zero attached hydrogens (tertiary/aromatic N) is 3. The molecule has 1 aliphatic heterocycles. The Balaban J connectivity index is 1.55. The molecule has 2 aliphatic rings. The van der Waals surface area contributed by atoms with Gasteiger partial charge in [-0.15, -0.1) is 10.2 Å². The van der Waals surface area contributed by atoms with Gasteiger partial charge >= 0.3 is 0 Å². The van der Waals surface area contributed by atoms with Crippen molar-refractivity contribution in [2.75, 3.05) is 0 Å². The minimum Gasteiger partial charge on any atom is -0.314 e. The van der Waals surface area contributed by atoms with Gasteiger partial charge in [-0.05, 0) is 38.5 Å². The van der Waals surface area contributed by atoms with Crippen LogP contribution >= 0.6 is 0 Å². The smallest absolute Gasteiger partial charge is 0.147 e. The van der Waals surface area contributed by atoms with E-state index in [1.54, 1.807) is 0 Å². The zero-order valence-electron chi connectivity index (χ0n) is 12.1. The number of rotatable bonds is 4. The van der Waals surface area contributed by atoms with Crippen LogP contribution in [0.1, 0.15) is 63.5 Å². The molecule has 3 rings (SSSR count). The summed E-state index contributed by atoms with van der Waals surface area (Å²) in [5.74, 6) is 3.18. The molecule has 1 N–H and O–H groups in total. The molecule has 0 spiro atoms. The number of hydrogen-bond donors (Lipinski definition) is 1. The Hall–Kier alpha value is -0.900. The van der Waals surface area contributed by atoms with Gasteiger partial charge in [0, 0.05) is 19.0 Å². The second-order valence-corrected chi connectivity index (χ2v) is 6.21. The number of aryl methyl sites for hydroxylation is 1. The fourth-order valence-corrected chi connectivity index (χ4v) is 3.55. The van der Waals surface area contributed by atoms with E-state index in [-0.39, 0.29) is 0 Å². The summed E-state index contributed by atoms with van der Waals surface area (Å²) < 4.78 is 2.32. The second kappa shape index (κ2) is 6.04. The van der Waals surface area contributed by atoms with Gasteiger partial charge in [0.1, 0.15) is 11.6 Å². The van der Waals surface area contributed by atoms with Crippen LogP contribution in [0.3, 0.4) is 0 Å². The number of hydrogen-bond acceptors (Lipinski definition) is 3. The molecule has 0 aromatic carbocycles. The molecule has 1 saturated carbocycles. The Morgan fingerprint density at radius 1 is 1.16 bits per heavy atom. The third-order valence-corrected chi connectivity index (χ3v) is 4.88. The maximum atomic E-state index is 4.37. The minimum absolute atomic E-state index is 0.608. The molecule has 2 heterocycles. The highest BCUT2D eigenvalue weighted by atomic mass is 15.3. The largest absolute Gasteiger partial charge is 0.314 e. The molecule has 1 aliphatic carbocycles. The van der Waals surface area contributed by atoms with Crippen LogP contribution in [-0.4, -0.2) is 20.8 Å². The molecule has 106 valence electrons. The highest BCUT2D eigenvalue weighted by Crippen LogP contribution is 2.26. The quantitative estimate of drug-likeness (QED) is 0.907. The fourth-order valence-electron chi connectivity index (χ4n) is 3.55. The molecular formula is C15H26N4. The summed E-state index contributed by atoms with van der Waals surface area (Å²) >= 11 is 0. The average Bonchev–Trinajstić information content (AvgIpc) is 2.89. The van der Waals surface area contributed by atoms with Gasteiger partial charge in [0.15, 0.2) is 0 Å². The molecule has 1 atom stereocenters. The summed E-state index contributed by atoms with van der Waals surface area (Å²) in [6, 6.07) is 0.608. The Morgan fingerprint density at radius 2 is 2.00 bits per heavy atom. The van der Waals surface area contributed by atoms with Crippen molar-refractivity contribution in [2.24, 2.45) is 5.92 Å². The van der Waals surface area contributed by atoms with Gasteiger partial charge in [0.05, 0.1) is 6.54 Å². The third kappa shape index (κ3) is 2.99. The second-order valence-electron chi connectivity index (χ2n) is 6.21. The maximum absolute atomic E-state index is 4.37. The summed E-state index contributed by atoms with van der Waals surface area (Å²) in [5.41, 5.74) is 0. The van der Waals surface area contributed by atoms with Crippen LogP contribution < -0.4 is 5.32 Å². The van der Waals surface area contributed by atoms with E-state index in [1.165, 1.54) is 50.8 Å². The Kier molecular flexibility index (Phi) is 4.16. The minimum atomic E-state index is 0.608. The summed E-state index contributed by atoms with van der Waals surface area (Å²) in [5, 5.41) is 12.4. The standard InChI is InChI=1S/C15H26N4/c1-12(13-7-3-2-4-8-13)16-11-15-18-17-14-9-5-6-10-19(14)15/h12-13,16H,2-11H2,1H3. The van der Waals surface area contributed by atoms with Gasteiger partial charge in [-0.3, -0.25) is 0 Å². The lowest BCUT2D eigenvalue weighted by Gasteiger charge is -2.28. The average molecular weight is 262 g/mol. The molecular weight excluding hydrogens is 236 g/mol. The van der Waals surface area contributed by atoms with Crippen molar-refractivity contribution >= 4 is 0 Å². The third-order valence-electron chi connectivity index (χ3n) is 4.88. The Labute approximate surface area is 116 Å². The van der Waals surface area contributed by atoms with E-state index < -0.39 is 0 Å². The molecule has 1 aromatic rings. The highest BCUT2D eigenvalue weighted by Gasteiger charge is 2.21. The zero-order valence-corrected chi connectivity index (χ0v) is 12.1. The first kappa shape index (κ1) is 13.1. The summed E-state index contributed by atoms with van der Waals surface area (Å²) in [4.78, 5) is 0. The van der Waals surface area contributed by atoms with Crippen LogP contribution in [0.15, 0.2) is 0 Å². The van der Waals surface area contributed by atoms with Gasteiger partial charge in [0.25, 0.3) is 0 Å². The molecule has 0 radical (unpaired) electrons. The van der Waals surface area contributed by atoms with E-state index in [0.717, 1.165) is 31.3 Å². The topological polar surface area (TPSA) is 42.7 Å². The molecule has 1 fully saturated rings. The zero-order chi connectivity index (χ0) is 13.1. The predicted molar refractivity (Wildman–Crippen MR) is 75.8 cm³/mol. The van der Waals surface area contributed by atoms with Crippen LogP contribution in [0.5, 0.6) is 0 Å². The molecule has 1 unspecified atom stereocenters. The van der Waals surface area contributed by atoms with Crippen molar-refractivity contribution in [3.05, 3.63) is 11.6 Å². The number of aromatic nitrogens is 3. The number of nitrogens with one attached hydrogen (secondary N) is 1. The van der Waals surface area contributed by atoms with Crippen molar-refractivity contribution in [3.8, 4) is 0 Å². The molecule has 0 saturated heterocycles. The van der Waals surface area contributed by atoms with E-state index in [9.17, 15) is 0 Å². The fraction of sp³-hybridized carbons (Fsp3) is 0.867. The monoisotopic (exact) mass is 262 g/mol. The molecule has 4 nitrogen and oxygen atoms in total. The van der Waals surface area contributed by atoms with Crippen LogP contribution in [-0.2, 0) is 19.5 Å². The Morgan fingerprint density at radius 3 is 2.84 bits per heavy atom. The predicted octanol–water partition coefficient (Wildman–Crippen LogP) is 2.67. The van der Waals surface area contributed by atoms with E-state index in [2.05, 4.69) is 27.0 Å². The molecule has 0 bridgehead atoms. The molecule has 0 amide bonds. The first-order chi connectivity index (χ1) is 9.34. The van der Waals surface area contributed by atoms with Crippen LogP contribution in [0.4, 0.5) is 0 Å². The van der Waals surface area contributed by atoms with Gasteiger partial charge in [-0.2, -0.15) is 0 Å². The van der Waals surface area contributed by atoms with E-state index in [1.807, 2.05) is 0 Å². The molecule has 19 heavy (non-hydrogen) atoms. The van der Waals surface area contributed by atoms with Crippen molar-refractivity contribution in [1.29, 1.82) is 0 Å². The van der Waals surface area contributed by atoms with E-state index >= 15 is 0 Å². The Bertz CT molecular complexity index is 406. The van der Waals surface area contributed by atoms with Crippen LogP contribution in [0, 0.1) is 5.92 Å². The summed E-state index contributed by atoms with van der Waals surface area (Å²) in [6.07, 6.45) is 10.7. The summed E-state index contributed by atoms with van der Waals surface area (Å²) in [7, 11) is 0. The van der Waals surface area contributed by atoms with Crippen LogP contribution in [0.25, 0.3) is 0 Å². The van der Waals surface area contributed by atoms with E-state index in [4.69, 9.17) is 0 Å². The SMILES string of the molecule is CC(NCc1nnc2n1CCCC2)C1CCCCC1. The van der Waals surface area contributed by atoms with Crippen molar-refractivity contribution in [3.63, 3.8) is 0 Å². The van der Waals surface area contributed by atoms with Crippen LogP contribution in [0.2, 0.25) is 0 Å². The van der Waals surface area contributed by atoms with Crippen molar-refractivity contribution in [2.45, 2.75) is 77.4 Å². The van der Waals surface area contributed by atoms with Gasteiger partial charge in [0.2, 0.25) is 0 Å². The normalized spacial score (nSPS) is 22.2. The van der Waals surface area contributed by atoms with Crippen molar-refractivity contribution < 1.29 is 0 Å². The lowest BCUT2D eigenvalue weighted by atomic mass is 9.84. The number of fused-ring (bicyclic) bond motifs is 1. The molecule has 4 heteroatoms. The first-order valence-corrected chi connectivity index (χ1v) is 7.99. The lowest BCUT2D eigenvalue weighted by molar-refractivity contribution is 0.278. The first-order valence-electron chi connectivity index (χ1n) is 7.99. The molecule has 1 aromatic heterocycles. The van der Waals surface area contributed by atoms with Gasteiger partial charge < -0.3 is 9.88 Å². The van der Waals surface area contributed by atoms with Gasteiger partial charge in [-0.1, -0.05) is 19.3 Å².